The number of carbonyl (C=O) groups excluding carboxylic acids is 3. The zero-order chi connectivity index (χ0) is 28.2. The summed E-state index contributed by atoms with van der Waals surface area (Å²) in [6, 6.07) is 18.7. The molecule has 0 aliphatic carbocycles. The first-order valence-corrected chi connectivity index (χ1v) is 13.6. The third kappa shape index (κ3) is 5.95. The molecule has 2 heterocycles. The van der Waals surface area contributed by atoms with Gasteiger partial charge in [-0.1, -0.05) is 54.9 Å². The number of carbonyl (C=O) groups is 3. The molecule has 8 nitrogen and oxygen atoms in total. The van der Waals surface area contributed by atoms with Gasteiger partial charge in [-0.15, -0.1) is 0 Å². The van der Waals surface area contributed by atoms with E-state index in [0.717, 1.165) is 25.2 Å². The summed E-state index contributed by atoms with van der Waals surface area (Å²) in [6.45, 7) is 5.73. The van der Waals surface area contributed by atoms with Crippen LogP contribution in [-0.4, -0.2) is 71.4 Å². The maximum Gasteiger partial charge on any atom is 0.411 e. The van der Waals surface area contributed by atoms with Crippen LogP contribution in [0.15, 0.2) is 72.8 Å². The molecular formula is C30H30ClFN4O4. The number of piperazine rings is 1. The van der Waals surface area contributed by atoms with Crippen molar-refractivity contribution in [3.05, 3.63) is 100 Å². The number of amides is 3. The number of likely N-dealkylation sites (N-methyl/N-ethyl adjacent to an activating group) is 1. The van der Waals surface area contributed by atoms with Crippen molar-refractivity contribution >= 4 is 35.2 Å². The van der Waals surface area contributed by atoms with E-state index in [0.29, 0.717) is 29.4 Å². The molecule has 208 valence electrons. The van der Waals surface area contributed by atoms with Crippen LogP contribution in [0, 0.1) is 5.82 Å². The third-order valence-electron chi connectivity index (χ3n) is 7.30. The lowest BCUT2D eigenvalue weighted by molar-refractivity contribution is -0.138. The van der Waals surface area contributed by atoms with E-state index in [2.05, 4.69) is 17.1 Å². The highest BCUT2D eigenvalue weighted by molar-refractivity contribution is 6.30. The molecule has 0 spiro atoms. The van der Waals surface area contributed by atoms with Crippen molar-refractivity contribution in [3.63, 3.8) is 0 Å². The Morgan fingerprint density at radius 1 is 1.00 bits per heavy atom. The number of hydrogen-bond donors (Lipinski definition) is 1. The SMILES string of the molecule is CCN1CCN(C(=O)C2C(c3cccc(NC(=O)c4ccccc4F)c3)OC(=O)N2Cc2cccc(Cl)c2)CC1. The molecule has 3 aromatic carbocycles. The van der Waals surface area contributed by atoms with E-state index in [9.17, 15) is 18.8 Å². The predicted molar refractivity (Wildman–Crippen MR) is 149 cm³/mol. The molecule has 2 saturated heterocycles. The van der Waals surface area contributed by atoms with E-state index in [1.54, 1.807) is 53.4 Å². The smallest absolute Gasteiger partial charge is 0.411 e. The van der Waals surface area contributed by atoms with Crippen molar-refractivity contribution in [1.29, 1.82) is 0 Å². The minimum Gasteiger partial charge on any atom is -0.438 e. The van der Waals surface area contributed by atoms with Gasteiger partial charge in [-0.05, 0) is 54.1 Å². The van der Waals surface area contributed by atoms with Crippen LogP contribution < -0.4 is 5.32 Å². The summed E-state index contributed by atoms with van der Waals surface area (Å²) >= 11 is 6.18. The normalized spacial score (nSPS) is 19.4. The second kappa shape index (κ2) is 12.1. The Labute approximate surface area is 237 Å². The molecule has 2 unspecified atom stereocenters. The summed E-state index contributed by atoms with van der Waals surface area (Å²) in [4.78, 5) is 45.4. The maximum atomic E-state index is 14.1. The lowest BCUT2D eigenvalue weighted by atomic mass is 9.99. The summed E-state index contributed by atoms with van der Waals surface area (Å²) < 4.78 is 20.0. The Balaban J connectivity index is 1.43. The zero-order valence-electron chi connectivity index (χ0n) is 22.1. The number of halogens is 2. The van der Waals surface area contributed by atoms with Gasteiger partial charge in [0, 0.05) is 36.9 Å². The summed E-state index contributed by atoms with van der Waals surface area (Å²) in [5, 5.41) is 3.23. The van der Waals surface area contributed by atoms with Gasteiger partial charge < -0.3 is 19.9 Å². The second-order valence-corrected chi connectivity index (χ2v) is 10.3. The molecular weight excluding hydrogens is 535 g/mol. The van der Waals surface area contributed by atoms with Gasteiger partial charge in [-0.3, -0.25) is 14.5 Å². The molecule has 0 saturated carbocycles. The lowest BCUT2D eigenvalue weighted by Crippen LogP contribution is -2.54. The fourth-order valence-corrected chi connectivity index (χ4v) is 5.35. The van der Waals surface area contributed by atoms with Crippen LogP contribution in [0.5, 0.6) is 0 Å². The molecule has 0 bridgehead atoms. The summed E-state index contributed by atoms with van der Waals surface area (Å²) in [6.07, 6.45) is -1.52. The first kappa shape index (κ1) is 27.6. The molecule has 0 aromatic heterocycles. The van der Waals surface area contributed by atoms with Gasteiger partial charge in [0.15, 0.2) is 12.1 Å². The van der Waals surface area contributed by atoms with Crippen LogP contribution >= 0.6 is 11.6 Å². The minimum atomic E-state index is -0.919. The van der Waals surface area contributed by atoms with E-state index >= 15 is 0 Å². The molecule has 2 fully saturated rings. The van der Waals surface area contributed by atoms with Crippen molar-refractivity contribution in [2.45, 2.75) is 25.6 Å². The fraction of sp³-hybridized carbons (Fsp3) is 0.300. The van der Waals surface area contributed by atoms with Gasteiger partial charge in [0.25, 0.3) is 5.91 Å². The number of cyclic esters (lactones) is 1. The van der Waals surface area contributed by atoms with E-state index in [1.807, 2.05) is 6.07 Å². The van der Waals surface area contributed by atoms with Crippen LogP contribution in [0.3, 0.4) is 0 Å². The average molecular weight is 565 g/mol. The third-order valence-corrected chi connectivity index (χ3v) is 7.54. The predicted octanol–water partition coefficient (Wildman–Crippen LogP) is 4.96. The molecule has 0 radical (unpaired) electrons. The van der Waals surface area contributed by atoms with Gasteiger partial charge in [0.2, 0.25) is 5.91 Å². The molecule has 3 aromatic rings. The number of nitrogens with one attached hydrogen (secondary N) is 1. The van der Waals surface area contributed by atoms with Gasteiger partial charge in [-0.25, -0.2) is 9.18 Å². The topological polar surface area (TPSA) is 82.2 Å². The number of ether oxygens (including phenoxy) is 1. The molecule has 2 aliphatic rings. The molecule has 3 amide bonds. The van der Waals surface area contributed by atoms with Gasteiger partial charge in [0.05, 0.1) is 12.1 Å². The van der Waals surface area contributed by atoms with Crippen molar-refractivity contribution in [2.75, 3.05) is 38.0 Å². The maximum absolute atomic E-state index is 14.1. The summed E-state index contributed by atoms with van der Waals surface area (Å²) in [7, 11) is 0. The van der Waals surface area contributed by atoms with Gasteiger partial charge >= 0.3 is 6.09 Å². The van der Waals surface area contributed by atoms with E-state index in [4.69, 9.17) is 16.3 Å². The highest BCUT2D eigenvalue weighted by Gasteiger charge is 2.48. The van der Waals surface area contributed by atoms with Crippen LogP contribution in [0.2, 0.25) is 5.02 Å². The largest absolute Gasteiger partial charge is 0.438 e. The quantitative estimate of drug-likeness (QED) is 0.439. The standard InChI is InChI=1S/C30H30ClFN4O4/c1-2-34-13-15-35(16-14-34)29(38)26-27(40-30(39)36(26)19-20-7-5-9-22(31)17-20)21-8-6-10-23(18-21)33-28(37)24-11-3-4-12-25(24)32/h3-12,17-18,26-27H,2,13-16,19H2,1H3,(H,33,37). The number of nitrogens with zero attached hydrogens (tertiary/aromatic N) is 3. The number of benzene rings is 3. The number of anilines is 1. The van der Waals surface area contributed by atoms with Crippen molar-refractivity contribution in [3.8, 4) is 0 Å². The highest BCUT2D eigenvalue weighted by atomic mass is 35.5. The Morgan fingerprint density at radius 3 is 2.48 bits per heavy atom. The van der Waals surface area contributed by atoms with Crippen LogP contribution in [0.4, 0.5) is 14.9 Å². The molecule has 1 N–H and O–H groups in total. The second-order valence-electron chi connectivity index (χ2n) is 9.83. The fourth-order valence-electron chi connectivity index (χ4n) is 5.13. The number of hydrogen-bond acceptors (Lipinski definition) is 5. The zero-order valence-corrected chi connectivity index (χ0v) is 22.8. The Bertz CT molecular complexity index is 1410. The summed E-state index contributed by atoms with van der Waals surface area (Å²) in [5.74, 6) is -1.44. The van der Waals surface area contributed by atoms with Crippen molar-refractivity contribution in [1.82, 2.24) is 14.7 Å². The Kier molecular flexibility index (Phi) is 8.32. The molecule has 40 heavy (non-hydrogen) atoms. The van der Waals surface area contributed by atoms with Crippen LogP contribution in [-0.2, 0) is 16.1 Å². The van der Waals surface area contributed by atoms with Gasteiger partial charge in [0.1, 0.15) is 5.82 Å². The van der Waals surface area contributed by atoms with E-state index < -0.39 is 30.0 Å². The monoisotopic (exact) mass is 564 g/mol. The lowest BCUT2D eigenvalue weighted by Gasteiger charge is -2.37. The first-order valence-electron chi connectivity index (χ1n) is 13.2. The molecule has 10 heteroatoms. The first-order chi connectivity index (χ1) is 19.3. The Hall–Kier alpha value is -3.95. The van der Waals surface area contributed by atoms with Crippen molar-refractivity contribution in [2.24, 2.45) is 0 Å². The van der Waals surface area contributed by atoms with E-state index in [1.165, 1.54) is 23.1 Å². The van der Waals surface area contributed by atoms with Crippen LogP contribution in [0.1, 0.15) is 34.5 Å². The molecule has 2 atom stereocenters. The van der Waals surface area contributed by atoms with Crippen molar-refractivity contribution < 1.29 is 23.5 Å². The highest BCUT2D eigenvalue weighted by Crippen LogP contribution is 2.36. The number of rotatable bonds is 7. The van der Waals surface area contributed by atoms with E-state index in [-0.39, 0.29) is 18.0 Å². The molecule has 2 aliphatic heterocycles. The van der Waals surface area contributed by atoms with Crippen LogP contribution in [0.25, 0.3) is 0 Å². The summed E-state index contributed by atoms with van der Waals surface area (Å²) in [5.41, 5.74) is 1.61. The molecule has 5 rings (SSSR count). The Morgan fingerprint density at radius 2 is 1.75 bits per heavy atom. The van der Waals surface area contributed by atoms with Gasteiger partial charge in [-0.2, -0.15) is 0 Å². The minimum absolute atomic E-state index is 0.0906. The average Bonchev–Trinajstić information content (AvgIpc) is 3.28.